The predicted octanol–water partition coefficient (Wildman–Crippen LogP) is 2.22. The van der Waals surface area contributed by atoms with Crippen LogP contribution in [0.5, 0.6) is 0 Å². The summed E-state index contributed by atoms with van der Waals surface area (Å²) in [5.41, 5.74) is -1.72. The molecule has 5 heteroatoms. The Morgan fingerprint density at radius 2 is 2.00 bits per heavy atom. The van der Waals surface area contributed by atoms with Gasteiger partial charge in [0.2, 0.25) is 0 Å². The Morgan fingerprint density at radius 3 is 2.53 bits per heavy atom. The van der Waals surface area contributed by atoms with Crippen LogP contribution in [0, 0.1) is 11.6 Å². The summed E-state index contributed by atoms with van der Waals surface area (Å²) >= 11 is 0. The van der Waals surface area contributed by atoms with Gasteiger partial charge in [0.1, 0.15) is 0 Å². The van der Waals surface area contributed by atoms with E-state index < -0.39 is 17.3 Å². The summed E-state index contributed by atoms with van der Waals surface area (Å²) in [6.45, 7) is -0.0203. The van der Waals surface area contributed by atoms with Gasteiger partial charge in [-0.15, -0.1) is 0 Å². The molecule has 0 aromatic heterocycles. The van der Waals surface area contributed by atoms with E-state index in [1.807, 2.05) is 0 Å². The molecular formula is C10H10F3NO. The lowest BCUT2D eigenvalue weighted by atomic mass is 9.95. The molecule has 2 rings (SSSR count). The zero-order valence-corrected chi connectivity index (χ0v) is 7.88. The molecule has 1 saturated heterocycles. The number of hydrogen-bond donors (Lipinski definition) is 1. The first kappa shape index (κ1) is 10.4. The monoisotopic (exact) mass is 217 g/mol. The molecule has 82 valence electrons. The molecule has 1 aliphatic heterocycles. The Bertz CT molecular complexity index is 385. The van der Waals surface area contributed by atoms with E-state index in [9.17, 15) is 13.2 Å². The minimum absolute atomic E-state index is 0.0675. The average Bonchev–Trinajstić information content (AvgIpc) is 2.52. The quantitative estimate of drug-likeness (QED) is 0.779. The van der Waals surface area contributed by atoms with Crippen LogP contribution in [-0.4, -0.2) is 23.4 Å². The van der Waals surface area contributed by atoms with Crippen LogP contribution in [0.2, 0.25) is 0 Å². The van der Waals surface area contributed by atoms with Crippen LogP contribution in [-0.2, 0) is 5.67 Å². The van der Waals surface area contributed by atoms with E-state index >= 15 is 0 Å². The van der Waals surface area contributed by atoms with Gasteiger partial charge in [0.25, 0.3) is 0 Å². The Morgan fingerprint density at radius 1 is 1.27 bits per heavy atom. The molecule has 0 bridgehead atoms. The van der Waals surface area contributed by atoms with Gasteiger partial charge in [0.05, 0.1) is 6.54 Å². The van der Waals surface area contributed by atoms with Crippen LogP contribution < -0.4 is 0 Å². The van der Waals surface area contributed by atoms with Gasteiger partial charge in [-0.05, 0) is 17.7 Å². The van der Waals surface area contributed by atoms with E-state index in [1.54, 1.807) is 0 Å². The molecule has 1 aromatic carbocycles. The first-order valence-corrected chi connectivity index (χ1v) is 4.59. The molecule has 0 spiro atoms. The fourth-order valence-electron chi connectivity index (χ4n) is 1.76. The second-order valence-electron chi connectivity index (χ2n) is 3.73. The molecule has 0 radical (unpaired) electrons. The average molecular weight is 217 g/mol. The van der Waals surface area contributed by atoms with Crippen LogP contribution >= 0.6 is 0 Å². The normalized spacial score (nSPS) is 27.2. The van der Waals surface area contributed by atoms with Crippen molar-refractivity contribution in [1.82, 2.24) is 5.06 Å². The maximum absolute atomic E-state index is 14.1. The van der Waals surface area contributed by atoms with Crippen molar-refractivity contribution < 1.29 is 18.4 Å². The Hall–Kier alpha value is -1.07. The zero-order valence-electron chi connectivity index (χ0n) is 7.88. The van der Waals surface area contributed by atoms with E-state index in [1.165, 1.54) is 6.07 Å². The number of nitrogens with zero attached hydrogens (tertiary/aromatic N) is 1. The van der Waals surface area contributed by atoms with Crippen LogP contribution in [0.1, 0.15) is 12.0 Å². The van der Waals surface area contributed by atoms with Gasteiger partial charge in [0.15, 0.2) is 17.3 Å². The molecule has 1 N–H and O–H groups in total. The van der Waals surface area contributed by atoms with Crippen LogP contribution in [0.25, 0.3) is 0 Å². The van der Waals surface area contributed by atoms with Gasteiger partial charge in [-0.2, -0.15) is 5.06 Å². The molecule has 1 aromatic rings. The van der Waals surface area contributed by atoms with Gasteiger partial charge >= 0.3 is 0 Å². The fraction of sp³-hybridized carbons (Fsp3) is 0.400. The fourth-order valence-corrected chi connectivity index (χ4v) is 1.76. The second-order valence-corrected chi connectivity index (χ2v) is 3.73. The van der Waals surface area contributed by atoms with Crippen molar-refractivity contribution in [3.63, 3.8) is 0 Å². The van der Waals surface area contributed by atoms with Crippen LogP contribution in [0.3, 0.4) is 0 Å². The molecule has 15 heavy (non-hydrogen) atoms. The number of hydroxylamine groups is 2. The molecule has 1 atom stereocenters. The lowest BCUT2D eigenvalue weighted by Gasteiger charge is -2.19. The van der Waals surface area contributed by atoms with Crippen molar-refractivity contribution in [2.45, 2.75) is 12.1 Å². The molecular weight excluding hydrogens is 207 g/mol. The molecule has 1 heterocycles. The van der Waals surface area contributed by atoms with E-state index in [0.717, 1.165) is 17.2 Å². The minimum atomic E-state index is -1.79. The maximum atomic E-state index is 14.1. The number of halogens is 3. The summed E-state index contributed by atoms with van der Waals surface area (Å²) in [6, 6.07) is 2.94. The SMILES string of the molecule is ON1CCC(F)(c2ccc(F)c(F)c2)C1. The Balaban J connectivity index is 2.33. The Kier molecular flexibility index (Phi) is 2.44. The molecule has 1 aliphatic rings. The van der Waals surface area contributed by atoms with Crippen molar-refractivity contribution in [3.8, 4) is 0 Å². The summed E-state index contributed by atoms with van der Waals surface area (Å²) in [5.74, 6) is -2.07. The molecule has 1 fully saturated rings. The van der Waals surface area contributed by atoms with Crippen molar-refractivity contribution in [3.05, 3.63) is 35.4 Å². The third-order valence-electron chi connectivity index (χ3n) is 2.64. The number of alkyl halides is 1. The first-order chi connectivity index (χ1) is 7.01. The van der Waals surface area contributed by atoms with Gasteiger partial charge in [-0.3, -0.25) is 0 Å². The first-order valence-electron chi connectivity index (χ1n) is 4.59. The summed E-state index contributed by atoms with van der Waals surface area (Å²) in [6.07, 6.45) is 0.0779. The van der Waals surface area contributed by atoms with Gasteiger partial charge in [-0.1, -0.05) is 6.07 Å². The Labute approximate surface area is 84.9 Å². The summed E-state index contributed by atoms with van der Waals surface area (Å²) in [4.78, 5) is 0. The third-order valence-corrected chi connectivity index (χ3v) is 2.64. The van der Waals surface area contributed by atoms with E-state index in [4.69, 9.17) is 5.21 Å². The minimum Gasteiger partial charge on any atom is -0.314 e. The summed E-state index contributed by atoms with van der Waals surface area (Å²) < 4.78 is 39.6. The number of rotatable bonds is 1. The number of benzene rings is 1. The zero-order chi connectivity index (χ0) is 11.1. The van der Waals surface area contributed by atoms with Gasteiger partial charge in [-0.25, -0.2) is 13.2 Å². The number of hydrogen-bond acceptors (Lipinski definition) is 2. The van der Waals surface area contributed by atoms with Crippen molar-refractivity contribution >= 4 is 0 Å². The molecule has 2 nitrogen and oxygen atoms in total. The lowest BCUT2D eigenvalue weighted by molar-refractivity contribution is -0.0805. The highest BCUT2D eigenvalue weighted by molar-refractivity contribution is 5.25. The second kappa shape index (κ2) is 3.50. The summed E-state index contributed by atoms with van der Waals surface area (Å²) in [5, 5.41) is 9.91. The molecule has 0 saturated carbocycles. The molecule has 0 amide bonds. The van der Waals surface area contributed by atoms with Gasteiger partial charge in [0, 0.05) is 13.0 Å². The highest BCUT2D eigenvalue weighted by Crippen LogP contribution is 2.35. The van der Waals surface area contributed by atoms with Crippen LogP contribution in [0.15, 0.2) is 18.2 Å². The van der Waals surface area contributed by atoms with Crippen LogP contribution in [0.4, 0.5) is 13.2 Å². The van der Waals surface area contributed by atoms with Gasteiger partial charge < -0.3 is 5.21 Å². The smallest absolute Gasteiger partial charge is 0.159 e. The van der Waals surface area contributed by atoms with Crippen molar-refractivity contribution in [2.75, 3.05) is 13.1 Å². The van der Waals surface area contributed by atoms with Crippen molar-refractivity contribution in [1.29, 1.82) is 0 Å². The highest BCUT2D eigenvalue weighted by Gasteiger charge is 2.40. The lowest BCUT2D eigenvalue weighted by Crippen LogP contribution is -2.25. The predicted molar refractivity (Wildman–Crippen MR) is 47.1 cm³/mol. The molecule has 1 unspecified atom stereocenters. The van der Waals surface area contributed by atoms with E-state index in [0.29, 0.717) is 0 Å². The molecule has 0 aliphatic carbocycles. The van der Waals surface area contributed by atoms with E-state index in [2.05, 4.69) is 0 Å². The van der Waals surface area contributed by atoms with Crippen molar-refractivity contribution in [2.24, 2.45) is 0 Å². The summed E-state index contributed by atoms with van der Waals surface area (Å²) in [7, 11) is 0. The maximum Gasteiger partial charge on any atom is 0.159 e. The third kappa shape index (κ3) is 1.85. The largest absolute Gasteiger partial charge is 0.314 e. The standard InChI is InChI=1S/C10H10F3NO/c11-8-2-1-7(5-9(8)12)10(13)3-4-14(15)6-10/h1-2,5,15H,3-4,6H2. The van der Waals surface area contributed by atoms with E-state index in [-0.39, 0.29) is 25.1 Å². The topological polar surface area (TPSA) is 23.5 Å². The highest BCUT2D eigenvalue weighted by atomic mass is 19.2.